The number of rotatable bonds is 4. The second-order valence-electron chi connectivity index (χ2n) is 7.92. The lowest BCUT2D eigenvalue weighted by Gasteiger charge is -2.53. The molecule has 4 aliphatic carbocycles. The van der Waals surface area contributed by atoms with E-state index in [9.17, 15) is 9.59 Å². The number of nitrogens with one attached hydrogen (secondary N) is 2. The molecule has 2 N–H and O–H groups in total. The van der Waals surface area contributed by atoms with Gasteiger partial charge in [-0.2, -0.15) is 0 Å². The quantitative estimate of drug-likeness (QED) is 0.834. The number of fused-ring (bicyclic) bond motifs is 3. The van der Waals surface area contributed by atoms with E-state index < -0.39 is 0 Å². The number of amides is 2. The van der Waals surface area contributed by atoms with Gasteiger partial charge in [0.1, 0.15) is 0 Å². The van der Waals surface area contributed by atoms with Crippen molar-refractivity contribution in [1.82, 2.24) is 10.6 Å². The van der Waals surface area contributed by atoms with Gasteiger partial charge in [0.05, 0.1) is 5.60 Å². The normalized spacial score (nSPS) is 39.7. The third kappa shape index (κ3) is 3.54. The molecule has 0 unspecified atom stereocenters. The molecular formula is C18H30N2O3. The summed E-state index contributed by atoms with van der Waals surface area (Å²) in [5.41, 5.74) is 0.0755. The third-order valence-electron chi connectivity index (χ3n) is 6.45. The van der Waals surface area contributed by atoms with Crippen molar-refractivity contribution >= 4 is 11.8 Å². The van der Waals surface area contributed by atoms with Crippen LogP contribution in [0.3, 0.4) is 0 Å². The molecule has 4 rings (SSSR count). The van der Waals surface area contributed by atoms with E-state index in [0.717, 1.165) is 64.2 Å². The Morgan fingerprint density at radius 3 is 2.26 bits per heavy atom. The zero-order chi connectivity index (χ0) is 16.5. The van der Waals surface area contributed by atoms with Gasteiger partial charge in [0, 0.05) is 31.5 Å². The van der Waals surface area contributed by atoms with E-state index in [0.29, 0.717) is 0 Å². The van der Waals surface area contributed by atoms with Crippen molar-refractivity contribution < 1.29 is 14.3 Å². The maximum Gasteiger partial charge on any atom is 0.223 e. The summed E-state index contributed by atoms with van der Waals surface area (Å²) in [4.78, 5) is 24.0. The minimum Gasteiger partial charge on any atom is -0.378 e. The average Bonchev–Trinajstić information content (AvgIpc) is 2.56. The molecule has 2 bridgehead atoms. The highest BCUT2D eigenvalue weighted by Gasteiger charge is 2.50. The monoisotopic (exact) mass is 322 g/mol. The smallest absolute Gasteiger partial charge is 0.223 e. The van der Waals surface area contributed by atoms with Crippen molar-refractivity contribution in [2.75, 3.05) is 7.11 Å². The van der Waals surface area contributed by atoms with Crippen LogP contribution < -0.4 is 10.6 Å². The van der Waals surface area contributed by atoms with Gasteiger partial charge in [-0.3, -0.25) is 9.59 Å². The first-order valence-corrected chi connectivity index (χ1v) is 9.10. The van der Waals surface area contributed by atoms with Gasteiger partial charge in [-0.15, -0.1) is 0 Å². The summed E-state index contributed by atoms with van der Waals surface area (Å²) in [6.45, 7) is 1.55. The molecule has 0 radical (unpaired) electrons. The zero-order valence-corrected chi connectivity index (χ0v) is 14.5. The molecule has 2 atom stereocenters. The number of carbonyl (C=O) groups excluding carboxylic acids is 2. The summed E-state index contributed by atoms with van der Waals surface area (Å²) in [5.74, 6) is 0.253. The van der Waals surface area contributed by atoms with Gasteiger partial charge in [0.2, 0.25) is 11.8 Å². The Balaban J connectivity index is 1.56. The zero-order valence-electron chi connectivity index (χ0n) is 14.5. The van der Waals surface area contributed by atoms with E-state index in [2.05, 4.69) is 10.6 Å². The highest BCUT2D eigenvalue weighted by atomic mass is 16.5. The summed E-state index contributed by atoms with van der Waals surface area (Å²) >= 11 is 0. The molecule has 0 heterocycles. The Hall–Kier alpha value is -1.10. The predicted molar refractivity (Wildman–Crippen MR) is 87.9 cm³/mol. The molecule has 0 aromatic heterocycles. The van der Waals surface area contributed by atoms with Crippen LogP contribution in [0.1, 0.15) is 71.1 Å². The standard InChI is InChI=1S/C18H30N2O3/c1-13(21)19-15-5-3-4-14(12-15)16(22)20-17-6-9-18(23-2,10-7-17)11-8-17/h14-15H,3-12H2,1-2H3,(H,19,21)(H,20,22)/t14-,15+,17?,18?/m0/s1. The van der Waals surface area contributed by atoms with Gasteiger partial charge >= 0.3 is 0 Å². The number of ether oxygens (including phenoxy) is 1. The third-order valence-corrected chi connectivity index (χ3v) is 6.45. The molecule has 0 aliphatic heterocycles. The first-order valence-electron chi connectivity index (χ1n) is 9.10. The molecule has 5 nitrogen and oxygen atoms in total. The van der Waals surface area contributed by atoms with E-state index in [4.69, 9.17) is 4.74 Å². The van der Waals surface area contributed by atoms with E-state index in [-0.39, 0.29) is 34.9 Å². The molecule has 4 aliphatic rings. The van der Waals surface area contributed by atoms with Gasteiger partial charge in [-0.25, -0.2) is 0 Å². The first kappa shape index (κ1) is 16.7. The second kappa shape index (κ2) is 6.42. The van der Waals surface area contributed by atoms with Crippen molar-refractivity contribution in [2.24, 2.45) is 5.92 Å². The number of methoxy groups -OCH3 is 1. The van der Waals surface area contributed by atoms with E-state index >= 15 is 0 Å². The Labute approximate surface area is 138 Å². The van der Waals surface area contributed by atoms with Crippen LogP contribution in [0.25, 0.3) is 0 Å². The summed E-state index contributed by atoms with van der Waals surface area (Å²) in [6, 6.07) is 0.161. The summed E-state index contributed by atoms with van der Waals surface area (Å²) in [6.07, 6.45) is 10.0. The lowest BCUT2D eigenvalue weighted by atomic mass is 9.63. The summed E-state index contributed by atoms with van der Waals surface area (Å²) < 4.78 is 5.73. The predicted octanol–water partition coefficient (Wildman–Crippen LogP) is 2.29. The Kier molecular flexibility index (Phi) is 4.68. The van der Waals surface area contributed by atoms with Crippen molar-refractivity contribution in [3.05, 3.63) is 0 Å². The van der Waals surface area contributed by atoms with Crippen LogP contribution in [-0.2, 0) is 14.3 Å². The van der Waals surface area contributed by atoms with E-state index in [1.54, 1.807) is 6.92 Å². The number of carbonyl (C=O) groups is 2. The minimum absolute atomic E-state index is 0.00168. The van der Waals surface area contributed by atoms with Gasteiger partial charge in [-0.1, -0.05) is 6.42 Å². The van der Waals surface area contributed by atoms with Crippen LogP contribution in [0.4, 0.5) is 0 Å². The van der Waals surface area contributed by atoms with Crippen LogP contribution in [0.5, 0.6) is 0 Å². The fraction of sp³-hybridized carbons (Fsp3) is 0.889. The molecule has 0 aromatic rings. The molecule has 4 saturated carbocycles. The van der Waals surface area contributed by atoms with Crippen molar-refractivity contribution in [3.63, 3.8) is 0 Å². The number of hydrogen-bond donors (Lipinski definition) is 2. The molecular weight excluding hydrogens is 292 g/mol. The highest BCUT2D eigenvalue weighted by Crippen LogP contribution is 2.48. The lowest BCUT2D eigenvalue weighted by Crippen LogP contribution is -2.60. The topological polar surface area (TPSA) is 67.4 Å². The summed E-state index contributed by atoms with van der Waals surface area (Å²) in [7, 11) is 1.82. The molecule has 0 aromatic carbocycles. The second-order valence-corrected chi connectivity index (χ2v) is 7.92. The molecule has 4 fully saturated rings. The molecule has 23 heavy (non-hydrogen) atoms. The number of hydrogen-bond acceptors (Lipinski definition) is 3. The molecule has 2 amide bonds. The Morgan fingerprint density at radius 1 is 1.04 bits per heavy atom. The molecule has 0 spiro atoms. The van der Waals surface area contributed by atoms with Crippen molar-refractivity contribution in [2.45, 2.75) is 88.3 Å². The first-order chi connectivity index (χ1) is 11.0. The van der Waals surface area contributed by atoms with E-state index in [1.807, 2.05) is 7.11 Å². The lowest BCUT2D eigenvalue weighted by molar-refractivity contribution is -0.136. The van der Waals surface area contributed by atoms with Gasteiger partial charge in [-0.05, 0) is 57.8 Å². The average molecular weight is 322 g/mol. The fourth-order valence-electron chi connectivity index (χ4n) is 4.85. The van der Waals surface area contributed by atoms with Gasteiger partial charge in [0.25, 0.3) is 0 Å². The molecule has 0 saturated heterocycles. The van der Waals surface area contributed by atoms with Crippen LogP contribution in [0, 0.1) is 5.92 Å². The largest absolute Gasteiger partial charge is 0.378 e. The van der Waals surface area contributed by atoms with E-state index in [1.165, 1.54) is 0 Å². The Morgan fingerprint density at radius 2 is 1.70 bits per heavy atom. The van der Waals surface area contributed by atoms with Crippen LogP contribution in [0.15, 0.2) is 0 Å². The van der Waals surface area contributed by atoms with Gasteiger partial charge in [0.15, 0.2) is 0 Å². The van der Waals surface area contributed by atoms with Gasteiger partial charge < -0.3 is 15.4 Å². The summed E-state index contributed by atoms with van der Waals surface area (Å²) in [5, 5.41) is 6.38. The molecule has 130 valence electrons. The molecule has 5 heteroatoms. The highest BCUT2D eigenvalue weighted by molar-refractivity contribution is 5.80. The van der Waals surface area contributed by atoms with Crippen LogP contribution >= 0.6 is 0 Å². The SMILES string of the molecule is COC12CCC(NC(=O)[C@H]3CCC[C@@H](NC(C)=O)C3)(CC1)CC2. The van der Waals surface area contributed by atoms with Crippen LogP contribution in [0.2, 0.25) is 0 Å². The van der Waals surface area contributed by atoms with Crippen LogP contribution in [-0.4, -0.2) is 36.1 Å². The fourth-order valence-corrected chi connectivity index (χ4v) is 4.85. The van der Waals surface area contributed by atoms with Crippen molar-refractivity contribution in [1.29, 1.82) is 0 Å². The maximum absolute atomic E-state index is 12.8. The maximum atomic E-state index is 12.8. The Bertz CT molecular complexity index is 452. The van der Waals surface area contributed by atoms with Crippen molar-refractivity contribution in [3.8, 4) is 0 Å². The minimum atomic E-state index is -0.00168.